The maximum atomic E-state index is 5.10. The van der Waals surface area contributed by atoms with Crippen LogP contribution in [-0.2, 0) is 11.2 Å². The molecule has 1 aromatic carbocycles. The Balaban J connectivity index is 2.05. The molecule has 19 heavy (non-hydrogen) atoms. The number of methoxy groups -OCH3 is 1. The molecule has 1 unspecified atom stereocenters. The minimum atomic E-state index is 0.260. The maximum Gasteiger partial charge on any atom is 0.110 e. The van der Waals surface area contributed by atoms with Gasteiger partial charge in [0.2, 0.25) is 0 Å². The van der Waals surface area contributed by atoms with Gasteiger partial charge >= 0.3 is 0 Å². The quantitative estimate of drug-likeness (QED) is 0.789. The van der Waals surface area contributed by atoms with Crippen LogP contribution in [0.25, 0.3) is 0 Å². The largest absolute Gasteiger partial charge is 0.383 e. The van der Waals surface area contributed by atoms with Crippen LogP contribution in [0.3, 0.4) is 0 Å². The van der Waals surface area contributed by atoms with E-state index in [1.54, 1.807) is 18.4 Å². The van der Waals surface area contributed by atoms with Crippen molar-refractivity contribution >= 4 is 11.3 Å². The summed E-state index contributed by atoms with van der Waals surface area (Å²) in [5.41, 5.74) is 2.41. The van der Waals surface area contributed by atoms with E-state index in [2.05, 4.69) is 39.9 Å². The molecule has 0 saturated carbocycles. The molecule has 0 amide bonds. The lowest BCUT2D eigenvalue weighted by Gasteiger charge is -2.16. The highest BCUT2D eigenvalue weighted by Gasteiger charge is 2.14. The smallest absolute Gasteiger partial charge is 0.110 e. The number of benzene rings is 1. The summed E-state index contributed by atoms with van der Waals surface area (Å²) in [5, 5.41) is 6.77. The van der Waals surface area contributed by atoms with Crippen LogP contribution < -0.4 is 5.32 Å². The number of nitrogens with one attached hydrogen (secondary N) is 1. The van der Waals surface area contributed by atoms with Gasteiger partial charge in [-0.1, -0.05) is 30.3 Å². The number of nitrogens with zero attached hydrogens (tertiary/aromatic N) is 1. The Morgan fingerprint density at radius 1 is 1.32 bits per heavy atom. The molecule has 102 valence electrons. The van der Waals surface area contributed by atoms with E-state index in [9.17, 15) is 0 Å². The third kappa shape index (κ3) is 4.42. The number of hydrogen-bond acceptors (Lipinski definition) is 4. The van der Waals surface area contributed by atoms with Crippen LogP contribution in [0.5, 0.6) is 0 Å². The molecule has 2 rings (SSSR count). The molecule has 1 atom stereocenters. The van der Waals surface area contributed by atoms with Crippen molar-refractivity contribution < 1.29 is 4.74 Å². The summed E-state index contributed by atoms with van der Waals surface area (Å²) < 4.78 is 5.10. The van der Waals surface area contributed by atoms with Gasteiger partial charge in [0.1, 0.15) is 5.01 Å². The summed E-state index contributed by atoms with van der Waals surface area (Å²) in [7, 11) is 1.72. The molecule has 0 spiro atoms. The Hall–Kier alpha value is -1.23. The Morgan fingerprint density at radius 3 is 2.74 bits per heavy atom. The summed E-state index contributed by atoms with van der Waals surface area (Å²) in [5.74, 6) is 0. The van der Waals surface area contributed by atoms with Crippen LogP contribution >= 0.6 is 11.3 Å². The highest BCUT2D eigenvalue weighted by Crippen LogP contribution is 2.21. The van der Waals surface area contributed by atoms with E-state index < -0.39 is 0 Å². The molecular weight excluding hydrogens is 256 g/mol. The predicted octanol–water partition coefficient (Wildman–Crippen LogP) is 2.97. The molecule has 0 fully saturated rings. The Morgan fingerprint density at radius 2 is 2.11 bits per heavy atom. The van der Waals surface area contributed by atoms with Gasteiger partial charge in [-0.3, -0.25) is 0 Å². The van der Waals surface area contributed by atoms with Gasteiger partial charge in [0.05, 0.1) is 12.6 Å². The minimum absolute atomic E-state index is 0.260. The Kier molecular flexibility index (Phi) is 5.51. The van der Waals surface area contributed by atoms with Gasteiger partial charge in [-0.15, -0.1) is 11.3 Å². The molecule has 3 nitrogen and oxygen atoms in total. The van der Waals surface area contributed by atoms with Crippen LogP contribution in [0.2, 0.25) is 0 Å². The molecule has 0 saturated heterocycles. The van der Waals surface area contributed by atoms with Gasteiger partial charge in [-0.25, -0.2) is 4.98 Å². The third-order valence-electron chi connectivity index (χ3n) is 2.91. The molecule has 2 aromatic rings. The van der Waals surface area contributed by atoms with E-state index in [0.717, 1.165) is 30.3 Å². The fourth-order valence-electron chi connectivity index (χ4n) is 1.96. The lowest BCUT2D eigenvalue weighted by atomic mass is 10.1. The maximum absolute atomic E-state index is 5.10. The lowest BCUT2D eigenvalue weighted by Crippen LogP contribution is -2.26. The molecular formula is C15H20N2OS. The van der Waals surface area contributed by atoms with Gasteiger partial charge in [0.15, 0.2) is 0 Å². The monoisotopic (exact) mass is 276 g/mol. The second-order valence-corrected chi connectivity index (χ2v) is 5.41. The van der Waals surface area contributed by atoms with Gasteiger partial charge < -0.3 is 10.1 Å². The molecule has 1 aromatic heterocycles. The molecule has 0 radical (unpaired) electrons. The van der Waals surface area contributed by atoms with Crippen molar-refractivity contribution in [2.45, 2.75) is 19.4 Å². The van der Waals surface area contributed by atoms with Crippen molar-refractivity contribution in [2.24, 2.45) is 0 Å². The summed E-state index contributed by atoms with van der Waals surface area (Å²) in [6.07, 6.45) is 0.956. The summed E-state index contributed by atoms with van der Waals surface area (Å²) in [4.78, 5) is 4.60. The average molecular weight is 276 g/mol. The van der Waals surface area contributed by atoms with Crippen LogP contribution in [0.15, 0.2) is 35.7 Å². The van der Waals surface area contributed by atoms with Gasteiger partial charge in [0.25, 0.3) is 0 Å². The predicted molar refractivity (Wildman–Crippen MR) is 79.6 cm³/mol. The summed E-state index contributed by atoms with van der Waals surface area (Å²) in [6.45, 7) is 3.59. The van der Waals surface area contributed by atoms with Crippen LogP contribution in [0.1, 0.15) is 22.3 Å². The zero-order valence-corrected chi connectivity index (χ0v) is 12.2. The van der Waals surface area contributed by atoms with Crippen molar-refractivity contribution in [1.29, 1.82) is 0 Å². The fourth-order valence-corrected chi connectivity index (χ4v) is 2.84. The van der Waals surface area contributed by atoms with Crippen molar-refractivity contribution in [3.05, 3.63) is 52.0 Å². The molecule has 1 heterocycles. The first-order chi connectivity index (χ1) is 9.29. The van der Waals surface area contributed by atoms with Crippen molar-refractivity contribution in [3.8, 4) is 0 Å². The second-order valence-electron chi connectivity index (χ2n) is 4.52. The van der Waals surface area contributed by atoms with Gasteiger partial charge in [-0.2, -0.15) is 0 Å². The van der Waals surface area contributed by atoms with Crippen molar-refractivity contribution in [2.75, 3.05) is 20.3 Å². The van der Waals surface area contributed by atoms with Crippen LogP contribution in [0.4, 0.5) is 0 Å². The van der Waals surface area contributed by atoms with E-state index in [1.165, 1.54) is 5.56 Å². The highest BCUT2D eigenvalue weighted by molar-refractivity contribution is 7.09. The SMILES string of the molecule is COCCNC(Cc1ccccc1)c1nc(C)cs1. The number of hydrogen-bond donors (Lipinski definition) is 1. The first kappa shape index (κ1) is 14.2. The zero-order valence-electron chi connectivity index (χ0n) is 11.4. The third-order valence-corrected chi connectivity index (χ3v) is 3.99. The van der Waals surface area contributed by atoms with Crippen molar-refractivity contribution in [1.82, 2.24) is 10.3 Å². The summed E-state index contributed by atoms with van der Waals surface area (Å²) in [6, 6.07) is 10.8. The topological polar surface area (TPSA) is 34.1 Å². The number of rotatable bonds is 7. The molecule has 0 bridgehead atoms. The van der Waals surface area contributed by atoms with Crippen LogP contribution in [0, 0.1) is 6.92 Å². The second kappa shape index (κ2) is 7.38. The summed E-state index contributed by atoms with van der Waals surface area (Å²) >= 11 is 1.72. The number of ether oxygens (including phenoxy) is 1. The molecule has 4 heteroatoms. The fraction of sp³-hybridized carbons (Fsp3) is 0.400. The van der Waals surface area contributed by atoms with Crippen molar-refractivity contribution in [3.63, 3.8) is 0 Å². The zero-order chi connectivity index (χ0) is 13.5. The van der Waals surface area contributed by atoms with Gasteiger partial charge in [-0.05, 0) is 18.9 Å². The van der Waals surface area contributed by atoms with E-state index in [4.69, 9.17) is 4.74 Å². The number of thiazole rings is 1. The first-order valence-electron chi connectivity index (χ1n) is 6.48. The molecule has 1 N–H and O–H groups in total. The Bertz CT molecular complexity index is 484. The molecule has 0 aliphatic heterocycles. The number of aryl methyl sites for hydroxylation is 1. The molecule has 0 aliphatic rings. The van der Waals surface area contributed by atoms with E-state index in [0.29, 0.717) is 0 Å². The normalized spacial score (nSPS) is 12.5. The van der Waals surface area contributed by atoms with E-state index >= 15 is 0 Å². The lowest BCUT2D eigenvalue weighted by molar-refractivity contribution is 0.195. The van der Waals surface area contributed by atoms with Gasteiger partial charge in [0, 0.05) is 24.7 Å². The van der Waals surface area contributed by atoms with E-state index in [1.807, 2.05) is 13.0 Å². The van der Waals surface area contributed by atoms with E-state index in [-0.39, 0.29) is 6.04 Å². The first-order valence-corrected chi connectivity index (χ1v) is 7.36. The standard InChI is InChI=1S/C15H20N2OS/c1-12-11-19-15(17-12)14(16-8-9-18-2)10-13-6-4-3-5-7-13/h3-7,11,14,16H,8-10H2,1-2H3. The number of aromatic nitrogens is 1. The van der Waals surface area contributed by atoms with Crippen LogP contribution in [-0.4, -0.2) is 25.2 Å². The Labute approximate surface area is 118 Å². The highest BCUT2D eigenvalue weighted by atomic mass is 32.1. The average Bonchev–Trinajstić information content (AvgIpc) is 2.86. The molecule has 0 aliphatic carbocycles. The minimum Gasteiger partial charge on any atom is -0.383 e.